The van der Waals surface area contributed by atoms with Gasteiger partial charge in [-0.2, -0.15) is 0 Å². The molecule has 0 saturated carbocycles. The maximum absolute atomic E-state index is 14.5. The number of anilines is 1. The molecule has 4 rings (SSSR count). The first-order chi connectivity index (χ1) is 14.4. The number of hydrogen-bond donors (Lipinski definition) is 2. The number of unbranched alkanes of at least 4 members (excludes halogenated alkanes) is 1. The number of nitrogen functional groups attached to an aromatic ring is 1. The summed E-state index contributed by atoms with van der Waals surface area (Å²) >= 11 is 5.98. The average molecular weight is 432 g/mol. The maximum atomic E-state index is 14.5. The van der Waals surface area contributed by atoms with Crippen LogP contribution in [0.3, 0.4) is 0 Å². The number of aromatic nitrogens is 1. The van der Waals surface area contributed by atoms with E-state index in [0.717, 1.165) is 36.5 Å². The van der Waals surface area contributed by atoms with Crippen LogP contribution in [0.4, 0.5) is 14.5 Å². The number of carbonyl (C=O) groups excluding carboxylic acids is 1. The van der Waals surface area contributed by atoms with Gasteiger partial charge in [0.05, 0.1) is 11.6 Å². The summed E-state index contributed by atoms with van der Waals surface area (Å²) in [5.74, 6) is -1.59. The van der Waals surface area contributed by atoms with E-state index in [1.54, 1.807) is 17.0 Å². The average Bonchev–Trinajstić information content (AvgIpc) is 3.10. The first-order valence-electron chi connectivity index (χ1n) is 10.2. The normalized spacial score (nSPS) is 18.6. The van der Waals surface area contributed by atoms with Gasteiger partial charge in [-0.25, -0.2) is 8.78 Å². The molecule has 0 fully saturated rings. The number of nitrogens with zero attached hydrogens (tertiary/aromatic N) is 1. The van der Waals surface area contributed by atoms with Gasteiger partial charge >= 0.3 is 0 Å². The number of aromatic amines is 1. The lowest BCUT2D eigenvalue weighted by atomic mass is 9.86. The number of halogens is 3. The van der Waals surface area contributed by atoms with Crippen molar-refractivity contribution in [2.45, 2.75) is 44.7 Å². The summed E-state index contributed by atoms with van der Waals surface area (Å²) in [5, 5.41) is 0.530. The minimum absolute atomic E-state index is 0.114. The predicted octanol–water partition coefficient (Wildman–Crippen LogP) is 5.30. The Morgan fingerprint density at radius 3 is 2.67 bits per heavy atom. The number of carbonyl (C=O) groups is 1. The van der Waals surface area contributed by atoms with E-state index in [0.29, 0.717) is 23.2 Å². The summed E-state index contributed by atoms with van der Waals surface area (Å²) in [5.41, 5.74) is 9.13. The minimum Gasteiger partial charge on any atom is -0.399 e. The molecule has 4 nitrogen and oxygen atoms in total. The zero-order valence-electron chi connectivity index (χ0n) is 16.7. The van der Waals surface area contributed by atoms with Gasteiger partial charge in [0.25, 0.3) is 0 Å². The van der Waals surface area contributed by atoms with E-state index in [-0.39, 0.29) is 23.3 Å². The monoisotopic (exact) mass is 431 g/mol. The number of nitrogens with one attached hydrogen (secondary N) is 1. The van der Waals surface area contributed by atoms with Gasteiger partial charge in [0, 0.05) is 28.9 Å². The van der Waals surface area contributed by atoms with Crippen LogP contribution in [0.5, 0.6) is 0 Å². The van der Waals surface area contributed by atoms with Crippen molar-refractivity contribution >= 4 is 34.1 Å². The highest BCUT2D eigenvalue weighted by atomic mass is 35.5. The Bertz CT molecular complexity index is 1080. The first kappa shape index (κ1) is 20.7. The molecule has 0 radical (unpaired) electrons. The Morgan fingerprint density at radius 2 is 2.00 bits per heavy atom. The quantitative estimate of drug-likeness (QED) is 0.425. The summed E-state index contributed by atoms with van der Waals surface area (Å²) in [4.78, 5) is 17.9. The smallest absolute Gasteiger partial charge is 0.238 e. The summed E-state index contributed by atoms with van der Waals surface area (Å²) in [7, 11) is 0. The van der Waals surface area contributed by atoms with Crippen molar-refractivity contribution in [3.63, 3.8) is 0 Å². The predicted molar refractivity (Wildman–Crippen MR) is 115 cm³/mol. The van der Waals surface area contributed by atoms with Gasteiger partial charge < -0.3 is 15.6 Å². The Hall–Kier alpha value is -2.60. The lowest BCUT2D eigenvalue weighted by Gasteiger charge is -2.42. The van der Waals surface area contributed by atoms with Gasteiger partial charge in [-0.1, -0.05) is 31.9 Å². The highest BCUT2D eigenvalue weighted by Crippen LogP contribution is 2.42. The summed E-state index contributed by atoms with van der Waals surface area (Å²) in [6.45, 7) is 2.09. The largest absolute Gasteiger partial charge is 0.399 e. The molecule has 0 spiro atoms. The summed E-state index contributed by atoms with van der Waals surface area (Å²) in [6, 6.07) is 8.93. The molecule has 0 bridgehead atoms. The summed E-state index contributed by atoms with van der Waals surface area (Å²) < 4.78 is 28.6. The zero-order chi connectivity index (χ0) is 21.4. The van der Waals surface area contributed by atoms with Gasteiger partial charge in [0.15, 0.2) is 0 Å². The second-order valence-electron chi connectivity index (χ2n) is 7.83. The topological polar surface area (TPSA) is 62.1 Å². The lowest BCUT2D eigenvalue weighted by Crippen LogP contribution is -2.48. The maximum Gasteiger partial charge on any atom is 0.238 e. The third-order valence-electron chi connectivity index (χ3n) is 5.90. The van der Waals surface area contributed by atoms with E-state index in [2.05, 4.69) is 11.9 Å². The molecule has 0 saturated heterocycles. The second-order valence-corrected chi connectivity index (χ2v) is 8.10. The van der Waals surface area contributed by atoms with E-state index in [9.17, 15) is 13.6 Å². The molecule has 30 heavy (non-hydrogen) atoms. The molecule has 1 aromatic heterocycles. The van der Waals surface area contributed by atoms with Crippen LogP contribution in [0.25, 0.3) is 10.9 Å². The number of amides is 1. The first-order valence-corrected chi connectivity index (χ1v) is 10.7. The number of hydrogen-bond acceptors (Lipinski definition) is 2. The van der Waals surface area contributed by atoms with E-state index >= 15 is 0 Å². The van der Waals surface area contributed by atoms with Crippen LogP contribution < -0.4 is 5.73 Å². The standard InChI is InChI=1S/C23H24ClF2N3O/c1-2-3-4-16-11-18-17-9-14(25)10-19(26)21(17)28-22(18)23(29(16)20(30)12-24)13-5-7-15(27)8-6-13/h5-10,16,23,28H,2-4,11-12,27H2,1H3/t16-,23-/m0/s1. The van der Waals surface area contributed by atoms with Gasteiger partial charge in [0.2, 0.25) is 5.91 Å². The molecule has 2 aromatic carbocycles. The van der Waals surface area contributed by atoms with Crippen LogP contribution in [-0.2, 0) is 11.2 Å². The van der Waals surface area contributed by atoms with Crippen LogP contribution in [0.1, 0.15) is 49.0 Å². The number of benzene rings is 2. The Kier molecular flexibility index (Phi) is 5.69. The van der Waals surface area contributed by atoms with E-state index < -0.39 is 17.7 Å². The van der Waals surface area contributed by atoms with Gasteiger partial charge in [-0.3, -0.25) is 4.79 Å². The van der Waals surface area contributed by atoms with Crippen LogP contribution >= 0.6 is 11.6 Å². The molecule has 7 heteroatoms. The van der Waals surface area contributed by atoms with E-state index in [1.807, 2.05) is 12.1 Å². The molecule has 1 aliphatic heterocycles. The second kappa shape index (κ2) is 8.26. The van der Waals surface area contributed by atoms with Crippen molar-refractivity contribution in [1.82, 2.24) is 9.88 Å². The van der Waals surface area contributed by atoms with E-state index in [1.165, 1.54) is 6.07 Å². The molecular weight excluding hydrogens is 408 g/mol. The molecule has 3 aromatic rings. The Labute approximate surface area is 179 Å². The van der Waals surface area contributed by atoms with Crippen molar-refractivity contribution in [2.75, 3.05) is 11.6 Å². The molecule has 3 N–H and O–H groups in total. The van der Waals surface area contributed by atoms with E-state index in [4.69, 9.17) is 17.3 Å². The minimum atomic E-state index is -0.643. The Balaban J connectivity index is 1.96. The number of H-pyrrole nitrogens is 1. The zero-order valence-corrected chi connectivity index (χ0v) is 17.5. The van der Waals surface area contributed by atoms with Crippen molar-refractivity contribution in [3.05, 3.63) is 64.9 Å². The van der Waals surface area contributed by atoms with Crippen LogP contribution in [-0.4, -0.2) is 27.7 Å². The molecule has 2 atom stereocenters. The number of fused-ring (bicyclic) bond motifs is 3. The fourth-order valence-electron chi connectivity index (χ4n) is 4.53. The third kappa shape index (κ3) is 3.54. The van der Waals surface area contributed by atoms with Crippen LogP contribution in [0.15, 0.2) is 36.4 Å². The summed E-state index contributed by atoms with van der Waals surface area (Å²) in [6.07, 6.45) is 3.22. The SMILES string of the molecule is CCCC[C@H]1Cc2c([nH]c3c(F)cc(F)cc23)[C@H](c2ccc(N)cc2)N1C(=O)CCl. The van der Waals surface area contributed by atoms with Crippen LogP contribution in [0.2, 0.25) is 0 Å². The Morgan fingerprint density at radius 1 is 1.27 bits per heavy atom. The van der Waals surface area contributed by atoms with Crippen molar-refractivity contribution in [2.24, 2.45) is 0 Å². The fourth-order valence-corrected chi connectivity index (χ4v) is 4.67. The molecule has 1 amide bonds. The lowest BCUT2D eigenvalue weighted by molar-refractivity contribution is -0.133. The molecule has 1 aliphatic rings. The number of rotatable bonds is 5. The number of alkyl halides is 1. The highest BCUT2D eigenvalue weighted by Gasteiger charge is 2.40. The van der Waals surface area contributed by atoms with Crippen molar-refractivity contribution in [3.8, 4) is 0 Å². The van der Waals surface area contributed by atoms with Crippen LogP contribution in [0, 0.1) is 11.6 Å². The fraction of sp³-hybridized carbons (Fsp3) is 0.348. The van der Waals surface area contributed by atoms with Crippen molar-refractivity contribution < 1.29 is 13.6 Å². The molecule has 0 aliphatic carbocycles. The molecular formula is C23H24ClF2N3O. The number of nitrogens with two attached hydrogens (primary N) is 1. The molecule has 0 unspecified atom stereocenters. The molecule has 158 valence electrons. The van der Waals surface area contributed by atoms with Gasteiger partial charge in [0.1, 0.15) is 17.5 Å². The highest BCUT2D eigenvalue weighted by molar-refractivity contribution is 6.27. The van der Waals surface area contributed by atoms with Gasteiger partial charge in [-0.05, 0) is 42.2 Å². The third-order valence-corrected chi connectivity index (χ3v) is 6.12. The molecule has 2 heterocycles. The van der Waals surface area contributed by atoms with Gasteiger partial charge in [-0.15, -0.1) is 11.6 Å². The van der Waals surface area contributed by atoms with Crippen molar-refractivity contribution in [1.29, 1.82) is 0 Å².